The maximum absolute atomic E-state index is 12.8. The van der Waals surface area contributed by atoms with Crippen molar-refractivity contribution in [3.05, 3.63) is 75.7 Å². The first-order valence-corrected chi connectivity index (χ1v) is 8.99. The lowest BCUT2D eigenvalue weighted by molar-refractivity contribution is -0.139. The molecule has 0 fully saturated rings. The molecule has 0 aliphatic rings. The molecule has 1 unspecified atom stereocenters. The number of carboxylic acid groups (broad SMARTS) is 1. The maximum atomic E-state index is 12.8. The number of benzene rings is 1. The van der Waals surface area contributed by atoms with Gasteiger partial charge in [0.1, 0.15) is 17.3 Å². The van der Waals surface area contributed by atoms with Crippen LogP contribution in [0.1, 0.15) is 28.5 Å². The normalized spacial score (nSPS) is 11.9. The first kappa shape index (κ1) is 19.3. The summed E-state index contributed by atoms with van der Waals surface area (Å²) in [6, 6.07) is 11.2. The van der Waals surface area contributed by atoms with Gasteiger partial charge in [-0.15, -0.1) is 0 Å². The molecule has 3 rings (SSSR count). The van der Waals surface area contributed by atoms with E-state index in [0.29, 0.717) is 17.6 Å². The van der Waals surface area contributed by atoms with E-state index in [-0.39, 0.29) is 12.0 Å². The highest BCUT2D eigenvalue weighted by Gasteiger charge is 2.23. The van der Waals surface area contributed by atoms with Crippen molar-refractivity contribution >= 4 is 22.9 Å². The zero-order chi connectivity index (χ0) is 20.3. The fourth-order valence-electron chi connectivity index (χ4n) is 3.05. The van der Waals surface area contributed by atoms with Gasteiger partial charge in [0.25, 0.3) is 5.91 Å². The molecule has 0 saturated carbocycles. The monoisotopic (exact) mass is 379 g/mol. The number of aryl methyl sites for hydroxylation is 2. The fourth-order valence-corrected chi connectivity index (χ4v) is 3.05. The topological polar surface area (TPSA) is 101 Å². The minimum Gasteiger partial charge on any atom is -0.480 e. The molecule has 0 aliphatic carbocycles. The minimum absolute atomic E-state index is 0.0979. The number of pyridine rings is 2. The highest BCUT2D eigenvalue weighted by molar-refractivity contribution is 5.98. The molecule has 2 aromatic heterocycles. The van der Waals surface area contributed by atoms with Crippen molar-refractivity contribution in [2.45, 2.75) is 32.9 Å². The predicted octanol–water partition coefficient (Wildman–Crippen LogP) is 2.15. The Morgan fingerprint density at radius 1 is 1.18 bits per heavy atom. The quantitative estimate of drug-likeness (QED) is 0.683. The number of fused-ring (bicyclic) bond motifs is 1. The number of hydrogen-bond donors (Lipinski definition) is 2. The van der Waals surface area contributed by atoms with Gasteiger partial charge < -0.3 is 15.0 Å². The number of aromatic nitrogens is 2. The second kappa shape index (κ2) is 8.04. The summed E-state index contributed by atoms with van der Waals surface area (Å²) in [5, 5.41) is 12.3. The lowest BCUT2D eigenvalue weighted by Gasteiger charge is -2.16. The smallest absolute Gasteiger partial charge is 0.326 e. The van der Waals surface area contributed by atoms with E-state index in [0.717, 1.165) is 11.3 Å². The minimum atomic E-state index is -1.16. The molecule has 2 N–H and O–H groups in total. The van der Waals surface area contributed by atoms with Crippen LogP contribution in [-0.4, -0.2) is 32.6 Å². The molecule has 0 saturated heterocycles. The molecule has 0 aliphatic heterocycles. The Bertz CT molecular complexity index is 1090. The lowest BCUT2D eigenvalue weighted by atomic mass is 10.1. The van der Waals surface area contributed by atoms with Gasteiger partial charge in [-0.1, -0.05) is 30.3 Å². The number of aliphatic carboxylic acids is 1. The van der Waals surface area contributed by atoms with Gasteiger partial charge in [0.15, 0.2) is 0 Å². The van der Waals surface area contributed by atoms with Gasteiger partial charge in [-0.05, 0) is 31.5 Å². The largest absolute Gasteiger partial charge is 0.480 e. The summed E-state index contributed by atoms with van der Waals surface area (Å²) >= 11 is 0. The number of amides is 1. The Morgan fingerprint density at radius 3 is 2.54 bits per heavy atom. The number of carbonyl (C=O) groups excluding carboxylic acids is 1. The first-order chi connectivity index (χ1) is 13.4. The zero-order valence-corrected chi connectivity index (χ0v) is 15.7. The summed E-state index contributed by atoms with van der Waals surface area (Å²) in [6.07, 6.45) is 1.56. The number of carbonyl (C=O) groups is 2. The van der Waals surface area contributed by atoms with Crippen LogP contribution < -0.4 is 10.7 Å². The lowest BCUT2D eigenvalue weighted by Crippen LogP contribution is -2.43. The first-order valence-electron chi connectivity index (χ1n) is 8.99. The molecule has 1 aromatic carbocycles. The van der Waals surface area contributed by atoms with E-state index in [4.69, 9.17) is 0 Å². The Balaban J connectivity index is 1.96. The predicted molar refractivity (Wildman–Crippen MR) is 105 cm³/mol. The van der Waals surface area contributed by atoms with Crippen LogP contribution in [0, 0.1) is 6.92 Å². The zero-order valence-electron chi connectivity index (χ0n) is 15.7. The Kier molecular flexibility index (Phi) is 5.54. The van der Waals surface area contributed by atoms with Crippen LogP contribution in [0.3, 0.4) is 0 Å². The van der Waals surface area contributed by atoms with Gasteiger partial charge >= 0.3 is 5.97 Å². The van der Waals surface area contributed by atoms with E-state index in [1.165, 1.54) is 6.20 Å². The molecule has 2 heterocycles. The summed E-state index contributed by atoms with van der Waals surface area (Å²) in [5.74, 6) is -1.87. The van der Waals surface area contributed by atoms with Crippen LogP contribution in [0.5, 0.6) is 0 Å². The molecule has 0 spiro atoms. The van der Waals surface area contributed by atoms with Gasteiger partial charge in [-0.25, -0.2) is 9.78 Å². The van der Waals surface area contributed by atoms with E-state index in [1.807, 2.05) is 19.9 Å². The highest BCUT2D eigenvalue weighted by atomic mass is 16.4. The van der Waals surface area contributed by atoms with Crippen LogP contribution >= 0.6 is 0 Å². The molecule has 0 radical (unpaired) electrons. The summed E-state index contributed by atoms with van der Waals surface area (Å²) < 4.78 is 1.71. The van der Waals surface area contributed by atoms with Gasteiger partial charge in [-0.2, -0.15) is 0 Å². The summed E-state index contributed by atoms with van der Waals surface area (Å²) in [4.78, 5) is 41.5. The van der Waals surface area contributed by atoms with Crippen LogP contribution in [0.2, 0.25) is 0 Å². The Morgan fingerprint density at radius 2 is 1.89 bits per heavy atom. The summed E-state index contributed by atoms with van der Waals surface area (Å²) in [5.41, 5.74) is 1.48. The van der Waals surface area contributed by atoms with E-state index >= 15 is 0 Å². The van der Waals surface area contributed by atoms with Crippen LogP contribution in [0.25, 0.3) is 11.0 Å². The average molecular weight is 379 g/mol. The third-order valence-corrected chi connectivity index (χ3v) is 4.53. The molecule has 7 heteroatoms. The third-order valence-electron chi connectivity index (χ3n) is 4.53. The van der Waals surface area contributed by atoms with Crippen molar-refractivity contribution in [3.63, 3.8) is 0 Å². The van der Waals surface area contributed by atoms with E-state index in [1.54, 1.807) is 41.0 Å². The average Bonchev–Trinajstić information content (AvgIpc) is 2.68. The second-order valence-electron chi connectivity index (χ2n) is 6.54. The van der Waals surface area contributed by atoms with Gasteiger partial charge in [0.2, 0.25) is 5.43 Å². The third kappa shape index (κ3) is 3.93. The van der Waals surface area contributed by atoms with Crippen LogP contribution in [0.15, 0.2) is 53.5 Å². The molecule has 1 amide bonds. The maximum Gasteiger partial charge on any atom is 0.326 e. The Hall–Kier alpha value is -3.48. The van der Waals surface area contributed by atoms with E-state index in [2.05, 4.69) is 10.3 Å². The van der Waals surface area contributed by atoms with Gasteiger partial charge in [-0.3, -0.25) is 9.59 Å². The molecular weight excluding hydrogens is 358 g/mol. The number of hydrogen-bond acceptors (Lipinski definition) is 4. The second-order valence-corrected chi connectivity index (χ2v) is 6.54. The molecule has 28 heavy (non-hydrogen) atoms. The highest BCUT2D eigenvalue weighted by Crippen LogP contribution is 2.11. The fraction of sp³-hybridized carbons (Fsp3) is 0.238. The number of rotatable bonds is 6. The Labute approximate surface area is 161 Å². The van der Waals surface area contributed by atoms with Crippen molar-refractivity contribution in [1.29, 1.82) is 0 Å². The summed E-state index contributed by atoms with van der Waals surface area (Å²) in [6.45, 7) is 4.22. The van der Waals surface area contributed by atoms with Crippen molar-refractivity contribution in [2.75, 3.05) is 0 Å². The molecule has 144 valence electrons. The van der Waals surface area contributed by atoms with E-state index < -0.39 is 23.3 Å². The van der Waals surface area contributed by atoms with Crippen molar-refractivity contribution < 1.29 is 14.7 Å². The molecule has 0 bridgehead atoms. The molecule has 7 nitrogen and oxygen atoms in total. The number of nitrogens with zero attached hydrogens (tertiary/aromatic N) is 2. The molecular formula is C21H21N3O4. The van der Waals surface area contributed by atoms with E-state index in [9.17, 15) is 19.5 Å². The standard InChI is InChI=1S/C21H21N3O4/c1-3-24-12-16(18(25)15-10-9-13(2)22-19(15)24)20(26)23-17(21(27)28)11-14-7-5-4-6-8-14/h4-10,12,17H,3,11H2,1-2H3,(H,23,26)(H,27,28). The van der Waals surface area contributed by atoms with Gasteiger partial charge in [0, 0.05) is 24.9 Å². The molecule has 3 aromatic rings. The van der Waals surface area contributed by atoms with Crippen molar-refractivity contribution in [3.8, 4) is 0 Å². The summed E-state index contributed by atoms with van der Waals surface area (Å²) in [7, 11) is 0. The number of nitrogens with one attached hydrogen (secondary N) is 1. The SMILES string of the molecule is CCn1cc(C(=O)NC(Cc2ccccc2)C(=O)O)c(=O)c2ccc(C)nc21. The number of carboxylic acids is 1. The molecule has 1 atom stereocenters. The van der Waals surface area contributed by atoms with Crippen molar-refractivity contribution in [2.24, 2.45) is 0 Å². The van der Waals surface area contributed by atoms with Gasteiger partial charge in [0.05, 0.1) is 5.39 Å². The van der Waals surface area contributed by atoms with Crippen LogP contribution in [0.4, 0.5) is 0 Å². The van der Waals surface area contributed by atoms with Crippen LogP contribution in [-0.2, 0) is 17.8 Å². The van der Waals surface area contributed by atoms with Crippen molar-refractivity contribution in [1.82, 2.24) is 14.9 Å².